The highest BCUT2D eigenvalue weighted by Crippen LogP contribution is 2.48. The molecule has 1 unspecified atom stereocenters. The smallest absolute Gasteiger partial charge is 0.336 e. The lowest BCUT2D eigenvalue weighted by Crippen LogP contribution is -2.18. The van der Waals surface area contributed by atoms with Crippen LogP contribution < -0.4 is 0 Å². The molecule has 3 nitrogen and oxygen atoms in total. The summed E-state index contributed by atoms with van der Waals surface area (Å²) in [5.41, 5.74) is 5.18. The minimum atomic E-state index is -0.842. The van der Waals surface area contributed by atoms with Gasteiger partial charge in [-0.25, -0.2) is 4.79 Å². The number of fused-ring (bicyclic) bond motifs is 2. The van der Waals surface area contributed by atoms with Gasteiger partial charge in [-0.15, -0.1) is 0 Å². The third kappa shape index (κ3) is 1.95. The van der Waals surface area contributed by atoms with Crippen LogP contribution in [0.15, 0.2) is 12.1 Å². The lowest BCUT2D eigenvalue weighted by Gasteiger charge is -2.22. The molecule has 0 radical (unpaired) electrons. The molecule has 0 saturated carbocycles. The van der Waals surface area contributed by atoms with Crippen molar-refractivity contribution < 1.29 is 9.90 Å². The Morgan fingerprint density at radius 1 is 1.33 bits per heavy atom. The third-order valence-corrected chi connectivity index (χ3v) is 4.63. The van der Waals surface area contributed by atoms with Crippen LogP contribution in [0.3, 0.4) is 0 Å². The molecule has 0 bridgehead atoms. The number of hydrogen-bond donors (Lipinski definition) is 1. The van der Waals surface area contributed by atoms with Gasteiger partial charge < -0.3 is 5.11 Å². The number of pyridine rings is 1. The van der Waals surface area contributed by atoms with Crippen LogP contribution in [0.4, 0.5) is 0 Å². The zero-order chi connectivity index (χ0) is 15.5. The number of benzene rings is 1. The number of rotatable bonds is 1. The number of carbonyl (C=O) groups is 1. The number of aromatic nitrogens is 1. The zero-order valence-electron chi connectivity index (χ0n) is 13.2. The van der Waals surface area contributed by atoms with Gasteiger partial charge in [0, 0.05) is 11.1 Å². The number of hydrogen-bond acceptors (Lipinski definition) is 2. The van der Waals surface area contributed by atoms with Crippen molar-refractivity contribution in [1.29, 1.82) is 0 Å². The summed E-state index contributed by atoms with van der Waals surface area (Å²) in [5, 5.41) is 10.6. The van der Waals surface area contributed by atoms with E-state index in [0.717, 1.165) is 39.7 Å². The van der Waals surface area contributed by atoms with E-state index in [4.69, 9.17) is 4.98 Å². The summed E-state index contributed by atoms with van der Waals surface area (Å²) < 4.78 is 0. The molecule has 3 heteroatoms. The molecule has 1 aromatic heterocycles. The van der Waals surface area contributed by atoms with Crippen LogP contribution in [0, 0.1) is 13.8 Å². The molecule has 1 aromatic carbocycles. The minimum absolute atomic E-state index is 0.138. The number of nitrogens with zero attached hydrogens (tertiary/aromatic N) is 1. The fourth-order valence-electron chi connectivity index (χ4n) is 3.97. The molecule has 1 heterocycles. The van der Waals surface area contributed by atoms with Gasteiger partial charge in [-0.3, -0.25) is 4.98 Å². The molecule has 1 N–H and O–H groups in total. The highest BCUT2D eigenvalue weighted by Gasteiger charge is 2.40. The van der Waals surface area contributed by atoms with E-state index in [2.05, 4.69) is 26.8 Å². The van der Waals surface area contributed by atoms with Gasteiger partial charge in [-0.05, 0) is 48.8 Å². The molecule has 2 aromatic rings. The predicted molar refractivity (Wildman–Crippen MR) is 84.2 cm³/mol. The van der Waals surface area contributed by atoms with Crippen LogP contribution >= 0.6 is 0 Å². The zero-order valence-corrected chi connectivity index (χ0v) is 13.2. The Hall–Kier alpha value is -1.90. The predicted octanol–water partition coefficient (Wildman–Crippen LogP) is 4.33. The maximum atomic E-state index is 12.0. The maximum absolute atomic E-state index is 12.0. The van der Waals surface area contributed by atoms with Gasteiger partial charge in [0.25, 0.3) is 0 Å². The molecule has 0 amide bonds. The molecule has 0 saturated heterocycles. The second-order valence-corrected chi connectivity index (χ2v) is 7.02. The Bertz CT molecular complexity index is 775. The third-order valence-electron chi connectivity index (χ3n) is 4.63. The van der Waals surface area contributed by atoms with Crippen molar-refractivity contribution in [3.8, 4) is 0 Å². The highest BCUT2D eigenvalue weighted by molar-refractivity contribution is 6.05. The quantitative estimate of drug-likeness (QED) is 0.847. The summed E-state index contributed by atoms with van der Waals surface area (Å²) >= 11 is 0. The van der Waals surface area contributed by atoms with Crippen molar-refractivity contribution in [1.82, 2.24) is 4.98 Å². The van der Waals surface area contributed by atoms with E-state index in [1.165, 1.54) is 0 Å². The van der Waals surface area contributed by atoms with Gasteiger partial charge in [0.05, 0.1) is 11.1 Å². The first kappa shape index (κ1) is 14.1. The molecule has 21 heavy (non-hydrogen) atoms. The van der Waals surface area contributed by atoms with E-state index in [1.807, 2.05) is 19.9 Å². The van der Waals surface area contributed by atoms with Crippen molar-refractivity contribution >= 4 is 16.9 Å². The highest BCUT2D eigenvalue weighted by atomic mass is 16.4. The lowest BCUT2D eigenvalue weighted by atomic mass is 9.82. The van der Waals surface area contributed by atoms with E-state index in [-0.39, 0.29) is 5.41 Å². The molecule has 1 aliphatic rings. The summed E-state index contributed by atoms with van der Waals surface area (Å²) in [7, 11) is 0. The first-order valence-electron chi connectivity index (χ1n) is 7.41. The van der Waals surface area contributed by atoms with Gasteiger partial charge in [-0.1, -0.05) is 32.4 Å². The molecule has 1 aliphatic carbocycles. The second kappa shape index (κ2) is 4.30. The minimum Gasteiger partial charge on any atom is -0.478 e. The maximum Gasteiger partial charge on any atom is 0.336 e. The first-order valence-corrected chi connectivity index (χ1v) is 7.41. The SMILES string of the molecule is Cc1cc(C)c2nc3c(c(C(=O)O)c2c1)C(C)(C)CC3C. The van der Waals surface area contributed by atoms with Crippen molar-refractivity contribution in [3.63, 3.8) is 0 Å². The van der Waals surface area contributed by atoms with Crippen molar-refractivity contribution in [2.45, 2.75) is 52.4 Å². The summed E-state index contributed by atoms with van der Waals surface area (Å²) in [6.07, 6.45) is 0.948. The second-order valence-electron chi connectivity index (χ2n) is 7.02. The fraction of sp³-hybridized carbons (Fsp3) is 0.444. The molecule has 0 fully saturated rings. The molecular weight excluding hydrogens is 262 g/mol. The van der Waals surface area contributed by atoms with E-state index in [0.29, 0.717) is 11.5 Å². The number of carboxylic acid groups (broad SMARTS) is 1. The number of aromatic carboxylic acids is 1. The normalized spacial score (nSPS) is 19.8. The average molecular weight is 283 g/mol. The molecule has 0 spiro atoms. The summed E-state index contributed by atoms with van der Waals surface area (Å²) in [4.78, 5) is 16.8. The summed E-state index contributed by atoms with van der Waals surface area (Å²) in [5.74, 6) is -0.538. The number of aryl methyl sites for hydroxylation is 2. The van der Waals surface area contributed by atoms with Gasteiger partial charge in [-0.2, -0.15) is 0 Å². The summed E-state index contributed by atoms with van der Waals surface area (Å²) in [6, 6.07) is 4.02. The Labute approximate surface area is 125 Å². The molecule has 1 atom stereocenters. The van der Waals surface area contributed by atoms with Crippen LogP contribution in [0.2, 0.25) is 0 Å². The van der Waals surface area contributed by atoms with Gasteiger partial charge in [0.2, 0.25) is 0 Å². The van der Waals surface area contributed by atoms with Gasteiger partial charge >= 0.3 is 5.97 Å². The molecular formula is C18H21NO2. The van der Waals surface area contributed by atoms with Crippen molar-refractivity contribution in [3.05, 3.63) is 40.1 Å². The van der Waals surface area contributed by atoms with Gasteiger partial charge in [0.15, 0.2) is 0 Å². The first-order chi connectivity index (χ1) is 9.72. The van der Waals surface area contributed by atoms with E-state index in [1.54, 1.807) is 0 Å². The van der Waals surface area contributed by atoms with E-state index in [9.17, 15) is 9.90 Å². The Morgan fingerprint density at radius 3 is 2.62 bits per heavy atom. The van der Waals surface area contributed by atoms with Crippen LogP contribution in [0.25, 0.3) is 10.9 Å². The standard InChI is InChI=1S/C18H21NO2/c1-9-6-10(2)15-12(7-9)13(17(20)21)14-16(19-15)11(3)8-18(14,4)5/h6-7,11H,8H2,1-5H3,(H,20,21). The largest absolute Gasteiger partial charge is 0.478 e. The topological polar surface area (TPSA) is 50.2 Å². The van der Waals surface area contributed by atoms with Crippen LogP contribution in [0.1, 0.15) is 65.9 Å². The Morgan fingerprint density at radius 2 is 2.00 bits per heavy atom. The van der Waals surface area contributed by atoms with E-state index >= 15 is 0 Å². The monoisotopic (exact) mass is 283 g/mol. The number of carboxylic acids is 1. The average Bonchev–Trinajstić information content (AvgIpc) is 2.57. The molecule has 3 rings (SSSR count). The van der Waals surface area contributed by atoms with Crippen LogP contribution in [-0.2, 0) is 5.41 Å². The lowest BCUT2D eigenvalue weighted by molar-refractivity contribution is 0.0696. The fourth-order valence-corrected chi connectivity index (χ4v) is 3.97. The van der Waals surface area contributed by atoms with Crippen molar-refractivity contribution in [2.24, 2.45) is 0 Å². The van der Waals surface area contributed by atoms with Gasteiger partial charge in [0.1, 0.15) is 0 Å². The van der Waals surface area contributed by atoms with E-state index < -0.39 is 5.97 Å². The molecule has 0 aliphatic heterocycles. The van der Waals surface area contributed by atoms with Crippen molar-refractivity contribution in [2.75, 3.05) is 0 Å². The molecule has 110 valence electrons. The Kier molecular flexibility index (Phi) is 2.88. The van der Waals surface area contributed by atoms with Crippen LogP contribution in [0.5, 0.6) is 0 Å². The Balaban J connectivity index is 2.54. The van der Waals surface area contributed by atoms with Crippen LogP contribution in [-0.4, -0.2) is 16.1 Å². The summed E-state index contributed by atoms with van der Waals surface area (Å²) in [6.45, 7) is 10.4.